The van der Waals surface area contributed by atoms with E-state index >= 15 is 0 Å². The van der Waals surface area contributed by atoms with Gasteiger partial charge in [-0.15, -0.1) is 0 Å². The van der Waals surface area contributed by atoms with Crippen LogP contribution >= 0.6 is 0 Å². The Morgan fingerprint density at radius 1 is 1.53 bits per heavy atom. The largest absolute Gasteiger partial charge is 0.378 e. The number of nitrogens with one attached hydrogen (secondary N) is 1. The molecule has 2 atom stereocenters. The van der Waals surface area contributed by atoms with Gasteiger partial charge in [-0.2, -0.15) is 0 Å². The van der Waals surface area contributed by atoms with Crippen LogP contribution in [0.4, 0.5) is 5.69 Å². The number of anilines is 1. The van der Waals surface area contributed by atoms with Gasteiger partial charge in [-0.3, -0.25) is 4.79 Å². The molecule has 2 rings (SSSR count). The van der Waals surface area contributed by atoms with E-state index in [0.29, 0.717) is 13.2 Å². The highest BCUT2D eigenvalue weighted by molar-refractivity contribution is 5.94. The van der Waals surface area contributed by atoms with Crippen LogP contribution < -0.4 is 11.1 Å². The fourth-order valence-corrected chi connectivity index (χ4v) is 2.15. The van der Waals surface area contributed by atoms with Crippen LogP contribution in [0.1, 0.15) is 18.9 Å². The van der Waals surface area contributed by atoms with E-state index in [-0.39, 0.29) is 17.9 Å². The predicted molar refractivity (Wildman–Crippen MR) is 74.5 cm³/mol. The van der Waals surface area contributed by atoms with Gasteiger partial charge < -0.3 is 15.8 Å². The lowest BCUT2D eigenvalue weighted by Crippen LogP contribution is -2.28. The molecule has 1 aliphatic rings. The third-order valence-electron chi connectivity index (χ3n) is 3.22. The van der Waals surface area contributed by atoms with Gasteiger partial charge in [-0.05, 0) is 25.5 Å². The molecule has 1 amide bonds. The first kappa shape index (κ1) is 13.6. The summed E-state index contributed by atoms with van der Waals surface area (Å²) in [6, 6.07) is 7.47. The third-order valence-corrected chi connectivity index (χ3v) is 3.22. The summed E-state index contributed by atoms with van der Waals surface area (Å²) >= 11 is 0. The first-order valence-electron chi connectivity index (χ1n) is 6.43. The summed E-state index contributed by atoms with van der Waals surface area (Å²) in [6.45, 7) is 2.88. The van der Waals surface area contributed by atoms with E-state index in [0.717, 1.165) is 17.7 Å². The van der Waals surface area contributed by atoms with E-state index in [4.69, 9.17) is 10.5 Å². The molecule has 1 aromatic carbocycles. The number of amides is 1. The zero-order valence-electron chi connectivity index (χ0n) is 11.0. The van der Waals surface area contributed by atoms with Crippen molar-refractivity contribution < 1.29 is 9.53 Å². The Kier molecular flexibility index (Phi) is 4.56. The van der Waals surface area contributed by atoms with Crippen molar-refractivity contribution in [2.24, 2.45) is 11.7 Å². The standard InChI is InChI=1S/C15H18N2O2/c1-11-13(8-10-19-11)15(18)17-14-7-3-2-5-12(14)6-4-9-16/h2-3,5,7,11,13H,8-10,16H2,1H3,(H,17,18). The molecule has 1 fully saturated rings. The molecule has 0 aliphatic carbocycles. The molecule has 3 N–H and O–H groups in total. The highest BCUT2D eigenvalue weighted by Crippen LogP contribution is 2.23. The van der Waals surface area contributed by atoms with E-state index in [1.807, 2.05) is 31.2 Å². The molecule has 0 aromatic heterocycles. The summed E-state index contributed by atoms with van der Waals surface area (Å²) in [7, 11) is 0. The monoisotopic (exact) mass is 258 g/mol. The van der Waals surface area contributed by atoms with Gasteiger partial charge in [0.25, 0.3) is 0 Å². The van der Waals surface area contributed by atoms with E-state index in [1.165, 1.54) is 0 Å². The van der Waals surface area contributed by atoms with Crippen LogP contribution in [-0.4, -0.2) is 25.2 Å². The van der Waals surface area contributed by atoms with Crippen LogP contribution in [0.25, 0.3) is 0 Å². The zero-order valence-corrected chi connectivity index (χ0v) is 11.0. The second-order valence-corrected chi connectivity index (χ2v) is 4.51. The quantitative estimate of drug-likeness (QED) is 0.787. The Hall–Kier alpha value is -1.83. The summed E-state index contributed by atoms with van der Waals surface area (Å²) < 4.78 is 5.41. The summed E-state index contributed by atoms with van der Waals surface area (Å²) in [5.74, 6) is 5.66. The smallest absolute Gasteiger partial charge is 0.230 e. The molecule has 0 bridgehead atoms. The number of hydrogen-bond acceptors (Lipinski definition) is 3. The van der Waals surface area contributed by atoms with E-state index in [9.17, 15) is 4.79 Å². The van der Waals surface area contributed by atoms with Crippen LogP contribution in [0.2, 0.25) is 0 Å². The first-order valence-corrected chi connectivity index (χ1v) is 6.43. The average Bonchev–Trinajstić information content (AvgIpc) is 2.84. The summed E-state index contributed by atoms with van der Waals surface area (Å²) in [5, 5.41) is 2.93. The summed E-state index contributed by atoms with van der Waals surface area (Å²) in [5.41, 5.74) is 6.88. The average molecular weight is 258 g/mol. The van der Waals surface area contributed by atoms with Crippen LogP contribution in [0.15, 0.2) is 24.3 Å². The maximum absolute atomic E-state index is 12.2. The molecule has 2 unspecified atom stereocenters. The molecule has 0 radical (unpaired) electrons. The molecule has 0 spiro atoms. The lowest BCUT2D eigenvalue weighted by Gasteiger charge is -2.14. The van der Waals surface area contributed by atoms with E-state index < -0.39 is 0 Å². The van der Waals surface area contributed by atoms with Gasteiger partial charge in [0.05, 0.1) is 24.3 Å². The molecule has 1 saturated heterocycles. The molecule has 1 aromatic rings. The molecule has 4 heteroatoms. The lowest BCUT2D eigenvalue weighted by molar-refractivity contribution is -0.121. The van der Waals surface area contributed by atoms with Crippen LogP contribution in [0.5, 0.6) is 0 Å². The number of carbonyl (C=O) groups excluding carboxylic acids is 1. The van der Waals surface area contributed by atoms with Crippen molar-refractivity contribution in [3.63, 3.8) is 0 Å². The fourth-order valence-electron chi connectivity index (χ4n) is 2.15. The normalized spacial score (nSPS) is 21.6. The molecular weight excluding hydrogens is 240 g/mol. The highest BCUT2D eigenvalue weighted by atomic mass is 16.5. The Bertz CT molecular complexity index is 516. The first-order chi connectivity index (χ1) is 9.22. The van der Waals surface area contributed by atoms with Gasteiger partial charge in [0.15, 0.2) is 0 Å². The molecule has 1 heterocycles. The van der Waals surface area contributed by atoms with Gasteiger partial charge in [0, 0.05) is 12.2 Å². The number of benzene rings is 1. The Balaban J connectivity index is 2.12. The lowest BCUT2D eigenvalue weighted by atomic mass is 10.0. The van der Waals surface area contributed by atoms with Crippen molar-refractivity contribution in [2.75, 3.05) is 18.5 Å². The van der Waals surface area contributed by atoms with E-state index in [2.05, 4.69) is 17.2 Å². The van der Waals surface area contributed by atoms with Crippen LogP contribution in [0.3, 0.4) is 0 Å². The van der Waals surface area contributed by atoms with Crippen LogP contribution in [0, 0.1) is 17.8 Å². The summed E-state index contributed by atoms with van der Waals surface area (Å²) in [4.78, 5) is 12.2. The highest BCUT2D eigenvalue weighted by Gasteiger charge is 2.30. The predicted octanol–water partition coefficient (Wildman–Crippen LogP) is 1.36. The van der Waals surface area contributed by atoms with Crippen molar-refractivity contribution in [1.29, 1.82) is 0 Å². The van der Waals surface area contributed by atoms with Gasteiger partial charge in [-0.25, -0.2) is 0 Å². The number of para-hydroxylation sites is 1. The molecular formula is C15H18N2O2. The van der Waals surface area contributed by atoms with Gasteiger partial charge in [0.2, 0.25) is 5.91 Å². The minimum atomic E-state index is -0.0875. The van der Waals surface area contributed by atoms with E-state index in [1.54, 1.807) is 0 Å². The van der Waals surface area contributed by atoms with Crippen molar-refractivity contribution in [3.8, 4) is 11.8 Å². The van der Waals surface area contributed by atoms with Crippen LogP contribution in [-0.2, 0) is 9.53 Å². The molecule has 100 valence electrons. The number of rotatable bonds is 2. The maximum atomic E-state index is 12.2. The number of hydrogen-bond donors (Lipinski definition) is 2. The van der Waals surface area contributed by atoms with Gasteiger partial charge >= 0.3 is 0 Å². The number of nitrogens with two attached hydrogens (primary N) is 1. The molecule has 4 nitrogen and oxygen atoms in total. The summed E-state index contributed by atoms with van der Waals surface area (Å²) in [6.07, 6.45) is 0.742. The second-order valence-electron chi connectivity index (χ2n) is 4.51. The van der Waals surface area contributed by atoms with Crippen molar-refractivity contribution in [2.45, 2.75) is 19.4 Å². The topological polar surface area (TPSA) is 64.3 Å². The third kappa shape index (κ3) is 3.34. The Morgan fingerprint density at radius 3 is 3.00 bits per heavy atom. The van der Waals surface area contributed by atoms with Crippen molar-refractivity contribution >= 4 is 11.6 Å². The Morgan fingerprint density at radius 2 is 2.32 bits per heavy atom. The second kappa shape index (κ2) is 6.37. The SMILES string of the molecule is CC1OCCC1C(=O)Nc1ccccc1C#CCN. The van der Waals surface area contributed by atoms with Gasteiger partial charge in [-0.1, -0.05) is 24.0 Å². The minimum absolute atomic E-state index is 0.00741. The zero-order chi connectivity index (χ0) is 13.7. The molecule has 1 aliphatic heterocycles. The molecule has 0 saturated carbocycles. The minimum Gasteiger partial charge on any atom is -0.378 e. The number of carbonyl (C=O) groups is 1. The van der Waals surface area contributed by atoms with Gasteiger partial charge in [0.1, 0.15) is 0 Å². The molecule has 19 heavy (non-hydrogen) atoms. The number of ether oxygens (including phenoxy) is 1. The van der Waals surface area contributed by atoms with Crippen molar-refractivity contribution in [1.82, 2.24) is 0 Å². The Labute approximate surface area is 113 Å². The maximum Gasteiger partial charge on any atom is 0.230 e. The fraction of sp³-hybridized carbons (Fsp3) is 0.400. The van der Waals surface area contributed by atoms with Crippen molar-refractivity contribution in [3.05, 3.63) is 29.8 Å².